The van der Waals surface area contributed by atoms with Crippen molar-refractivity contribution in [3.8, 4) is 6.01 Å². The highest BCUT2D eigenvalue weighted by molar-refractivity contribution is 6.28. The van der Waals surface area contributed by atoms with Crippen LogP contribution in [0.15, 0.2) is 0 Å². The van der Waals surface area contributed by atoms with Gasteiger partial charge < -0.3 is 15.0 Å². The number of likely N-dealkylation sites (tertiary alicyclic amines) is 1. The largest absolute Gasteiger partial charge is 0.461 e. The second kappa shape index (κ2) is 7.59. The fourth-order valence-corrected chi connectivity index (χ4v) is 2.34. The molecule has 0 aromatic carbocycles. The highest BCUT2D eigenvalue weighted by Gasteiger charge is 2.10. The van der Waals surface area contributed by atoms with Gasteiger partial charge in [0.25, 0.3) is 0 Å². The Morgan fingerprint density at radius 2 is 1.95 bits per heavy atom. The summed E-state index contributed by atoms with van der Waals surface area (Å²) in [6.07, 6.45) is 3.95. The minimum absolute atomic E-state index is 0.00895. The Balaban J connectivity index is 1.83. The first-order valence-electron chi connectivity index (χ1n) is 7.18. The van der Waals surface area contributed by atoms with E-state index in [0.29, 0.717) is 5.95 Å². The van der Waals surface area contributed by atoms with Crippen LogP contribution < -0.4 is 10.1 Å². The van der Waals surface area contributed by atoms with Gasteiger partial charge >= 0.3 is 6.01 Å². The molecule has 1 fully saturated rings. The Morgan fingerprint density at radius 1 is 1.20 bits per heavy atom. The van der Waals surface area contributed by atoms with Crippen molar-refractivity contribution in [2.45, 2.75) is 39.2 Å². The van der Waals surface area contributed by atoms with Gasteiger partial charge in [-0.1, -0.05) is 6.42 Å². The van der Waals surface area contributed by atoms with Crippen LogP contribution in [0.5, 0.6) is 6.01 Å². The minimum Gasteiger partial charge on any atom is -0.461 e. The third-order valence-corrected chi connectivity index (χ3v) is 3.26. The minimum atomic E-state index is 0.00895. The second-order valence-electron chi connectivity index (χ2n) is 5.21. The third-order valence-electron chi connectivity index (χ3n) is 3.09. The zero-order valence-electron chi connectivity index (χ0n) is 12.1. The van der Waals surface area contributed by atoms with Crippen LogP contribution in [0, 0.1) is 0 Å². The molecule has 7 heteroatoms. The number of halogens is 1. The van der Waals surface area contributed by atoms with Crippen LogP contribution in [-0.2, 0) is 0 Å². The Kier molecular flexibility index (Phi) is 5.79. The molecule has 1 N–H and O–H groups in total. The van der Waals surface area contributed by atoms with Gasteiger partial charge in [-0.3, -0.25) is 0 Å². The molecule has 1 aromatic heterocycles. The Labute approximate surface area is 124 Å². The molecule has 0 radical (unpaired) electrons. The average Bonchev–Trinajstić information content (AvgIpc) is 2.38. The van der Waals surface area contributed by atoms with Crippen molar-refractivity contribution in [2.75, 3.05) is 31.5 Å². The molecule has 20 heavy (non-hydrogen) atoms. The van der Waals surface area contributed by atoms with Crippen LogP contribution >= 0.6 is 11.6 Å². The molecule has 0 amide bonds. The molecule has 0 atom stereocenters. The van der Waals surface area contributed by atoms with E-state index < -0.39 is 0 Å². The van der Waals surface area contributed by atoms with Crippen LogP contribution in [0.1, 0.15) is 33.1 Å². The highest BCUT2D eigenvalue weighted by Crippen LogP contribution is 2.13. The molecule has 2 rings (SSSR count). The van der Waals surface area contributed by atoms with Gasteiger partial charge in [0.1, 0.15) is 0 Å². The Morgan fingerprint density at radius 3 is 2.65 bits per heavy atom. The first kappa shape index (κ1) is 15.3. The standard InChI is InChI=1S/C13H22ClN5O/c1-10(2)20-13-17-11(14)16-12(18-13)15-6-9-19-7-4-3-5-8-19/h10H,3-9H2,1-2H3,(H,15,16,17,18). The van der Waals surface area contributed by atoms with E-state index in [1.54, 1.807) is 0 Å². The van der Waals surface area contributed by atoms with Crippen molar-refractivity contribution in [1.82, 2.24) is 19.9 Å². The van der Waals surface area contributed by atoms with E-state index in [9.17, 15) is 0 Å². The Bertz CT molecular complexity index is 423. The molecule has 2 heterocycles. The summed E-state index contributed by atoms with van der Waals surface area (Å²) in [6.45, 7) is 7.98. The van der Waals surface area contributed by atoms with E-state index in [4.69, 9.17) is 16.3 Å². The van der Waals surface area contributed by atoms with E-state index in [1.807, 2.05) is 13.8 Å². The molecule has 1 aliphatic heterocycles. The van der Waals surface area contributed by atoms with Gasteiger partial charge in [-0.15, -0.1) is 0 Å². The molecular formula is C13H22ClN5O. The summed E-state index contributed by atoms with van der Waals surface area (Å²) in [4.78, 5) is 14.6. The molecule has 0 spiro atoms. The van der Waals surface area contributed by atoms with Crippen LogP contribution in [-0.4, -0.2) is 52.1 Å². The monoisotopic (exact) mass is 299 g/mol. The van der Waals surface area contributed by atoms with E-state index >= 15 is 0 Å². The van der Waals surface area contributed by atoms with Gasteiger partial charge in [0, 0.05) is 13.1 Å². The number of aromatic nitrogens is 3. The zero-order valence-corrected chi connectivity index (χ0v) is 12.9. The molecule has 6 nitrogen and oxygen atoms in total. The maximum atomic E-state index is 5.87. The number of nitrogens with one attached hydrogen (secondary N) is 1. The van der Waals surface area contributed by atoms with E-state index in [-0.39, 0.29) is 17.4 Å². The smallest absolute Gasteiger partial charge is 0.322 e. The van der Waals surface area contributed by atoms with Crippen LogP contribution in [0.4, 0.5) is 5.95 Å². The molecule has 1 aromatic rings. The number of rotatable bonds is 6. The predicted molar refractivity (Wildman–Crippen MR) is 79.4 cm³/mol. The molecule has 0 unspecified atom stereocenters. The van der Waals surface area contributed by atoms with Crippen molar-refractivity contribution < 1.29 is 4.74 Å². The normalized spacial score (nSPS) is 16.4. The first-order valence-corrected chi connectivity index (χ1v) is 7.56. The summed E-state index contributed by atoms with van der Waals surface area (Å²) in [6, 6.07) is 0.264. The Hall–Kier alpha value is -1.14. The quantitative estimate of drug-likeness (QED) is 0.869. The molecule has 0 aliphatic carbocycles. The van der Waals surface area contributed by atoms with Gasteiger partial charge in [-0.05, 0) is 51.4 Å². The summed E-state index contributed by atoms with van der Waals surface area (Å²) in [5.74, 6) is 0.470. The summed E-state index contributed by atoms with van der Waals surface area (Å²) in [7, 11) is 0. The summed E-state index contributed by atoms with van der Waals surface area (Å²) < 4.78 is 5.43. The van der Waals surface area contributed by atoms with E-state index in [2.05, 4.69) is 25.2 Å². The van der Waals surface area contributed by atoms with Crippen molar-refractivity contribution >= 4 is 17.5 Å². The average molecular weight is 300 g/mol. The summed E-state index contributed by atoms with van der Waals surface area (Å²) in [5.41, 5.74) is 0. The van der Waals surface area contributed by atoms with Crippen LogP contribution in [0.3, 0.4) is 0 Å². The number of ether oxygens (including phenoxy) is 1. The molecule has 1 aliphatic rings. The van der Waals surface area contributed by atoms with Crippen molar-refractivity contribution in [2.24, 2.45) is 0 Å². The van der Waals surface area contributed by atoms with Crippen molar-refractivity contribution in [1.29, 1.82) is 0 Å². The molecule has 0 saturated carbocycles. The lowest BCUT2D eigenvalue weighted by Crippen LogP contribution is -2.33. The van der Waals surface area contributed by atoms with Crippen molar-refractivity contribution in [3.63, 3.8) is 0 Å². The molecule has 112 valence electrons. The first-order chi connectivity index (χ1) is 9.63. The summed E-state index contributed by atoms with van der Waals surface area (Å²) >= 11 is 5.87. The van der Waals surface area contributed by atoms with Crippen LogP contribution in [0.2, 0.25) is 5.28 Å². The number of nitrogens with zero attached hydrogens (tertiary/aromatic N) is 4. The van der Waals surface area contributed by atoms with Gasteiger partial charge in [-0.25, -0.2) is 0 Å². The fraction of sp³-hybridized carbons (Fsp3) is 0.769. The number of anilines is 1. The second-order valence-corrected chi connectivity index (χ2v) is 5.54. The maximum absolute atomic E-state index is 5.87. The van der Waals surface area contributed by atoms with Gasteiger partial charge in [0.05, 0.1) is 6.10 Å². The third kappa shape index (κ3) is 5.09. The number of piperidine rings is 1. The fourth-order valence-electron chi connectivity index (χ4n) is 2.18. The number of hydrogen-bond donors (Lipinski definition) is 1. The topological polar surface area (TPSA) is 63.2 Å². The van der Waals surface area contributed by atoms with E-state index in [0.717, 1.165) is 13.1 Å². The molecular weight excluding hydrogens is 278 g/mol. The van der Waals surface area contributed by atoms with Gasteiger partial charge in [-0.2, -0.15) is 15.0 Å². The lowest BCUT2D eigenvalue weighted by Gasteiger charge is -2.26. The zero-order chi connectivity index (χ0) is 14.4. The maximum Gasteiger partial charge on any atom is 0.322 e. The summed E-state index contributed by atoms with van der Waals surface area (Å²) in [5, 5.41) is 3.33. The highest BCUT2D eigenvalue weighted by atomic mass is 35.5. The number of hydrogen-bond acceptors (Lipinski definition) is 6. The lowest BCUT2D eigenvalue weighted by atomic mass is 10.1. The SMILES string of the molecule is CC(C)Oc1nc(Cl)nc(NCCN2CCCCC2)n1. The van der Waals surface area contributed by atoms with E-state index in [1.165, 1.54) is 32.4 Å². The van der Waals surface area contributed by atoms with Gasteiger partial charge in [0.15, 0.2) is 0 Å². The van der Waals surface area contributed by atoms with Gasteiger partial charge in [0.2, 0.25) is 11.2 Å². The molecule has 1 saturated heterocycles. The van der Waals surface area contributed by atoms with Crippen molar-refractivity contribution in [3.05, 3.63) is 5.28 Å². The predicted octanol–water partition coefficient (Wildman–Crippen LogP) is 2.21. The lowest BCUT2D eigenvalue weighted by molar-refractivity contribution is 0.221. The molecule has 0 bridgehead atoms. The van der Waals surface area contributed by atoms with Crippen LogP contribution in [0.25, 0.3) is 0 Å².